The van der Waals surface area contributed by atoms with Gasteiger partial charge < -0.3 is 5.32 Å². The number of nitrogens with zero attached hydrogens (tertiary/aromatic N) is 3. The predicted molar refractivity (Wildman–Crippen MR) is 104 cm³/mol. The zero-order valence-corrected chi connectivity index (χ0v) is 15.9. The van der Waals surface area contributed by atoms with Gasteiger partial charge in [-0.2, -0.15) is 5.10 Å². The molecular formula is C19H20N4O3S. The van der Waals surface area contributed by atoms with E-state index in [0.29, 0.717) is 6.54 Å². The quantitative estimate of drug-likeness (QED) is 0.499. The molecule has 0 fully saturated rings. The fourth-order valence-electron chi connectivity index (χ4n) is 2.94. The number of benzene rings is 1. The van der Waals surface area contributed by atoms with E-state index in [4.69, 9.17) is 0 Å². The minimum absolute atomic E-state index is 0.0152. The van der Waals surface area contributed by atoms with Crippen molar-refractivity contribution in [1.82, 2.24) is 15.1 Å². The highest BCUT2D eigenvalue weighted by Crippen LogP contribution is 2.24. The molecule has 2 heterocycles. The molecule has 0 aliphatic heterocycles. The molecule has 0 bridgehead atoms. The highest BCUT2D eigenvalue weighted by Gasteiger charge is 2.19. The monoisotopic (exact) mass is 384 g/mol. The van der Waals surface area contributed by atoms with Crippen molar-refractivity contribution in [2.24, 2.45) is 0 Å². The van der Waals surface area contributed by atoms with E-state index in [1.54, 1.807) is 23.5 Å². The summed E-state index contributed by atoms with van der Waals surface area (Å²) in [6, 6.07) is 12.0. The van der Waals surface area contributed by atoms with Crippen molar-refractivity contribution in [1.29, 1.82) is 0 Å². The molecule has 1 amide bonds. The maximum atomic E-state index is 12.4. The van der Waals surface area contributed by atoms with Crippen molar-refractivity contribution in [3.63, 3.8) is 0 Å². The molecule has 140 valence electrons. The third-order valence-corrected chi connectivity index (χ3v) is 5.19. The van der Waals surface area contributed by atoms with Crippen molar-refractivity contribution in [2.45, 2.75) is 26.3 Å². The van der Waals surface area contributed by atoms with Gasteiger partial charge in [0.2, 0.25) is 5.91 Å². The maximum absolute atomic E-state index is 12.4. The van der Waals surface area contributed by atoms with Gasteiger partial charge in [0.05, 0.1) is 17.0 Å². The molecule has 1 aromatic carbocycles. The first-order valence-electron chi connectivity index (χ1n) is 8.50. The molecule has 0 saturated carbocycles. The molecule has 8 heteroatoms. The number of carbonyl (C=O) groups is 1. The second-order valence-electron chi connectivity index (χ2n) is 6.31. The molecule has 0 saturated heterocycles. The summed E-state index contributed by atoms with van der Waals surface area (Å²) in [5.41, 5.74) is 2.72. The van der Waals surface area contributed by atoms with Crippen LogP contribution in [0.4, 0.5) is 5.69 Å². The molecule has 0 aliphatic carbocycles. The van der Waals surface area contributed by atoms with Gasteiger partial charge >= 0.3 is 0 Å². The van der Waals surface area contributed by atoms with Gasteiger partial charge in [0.25, 0.3) is 5.69 Å². The molecule has 0 radical (unpaired) electrons. The van der Waals surface area contributed by atoms with Gasteiger partial charge in [-0.15, -0.1) is 11.3 Å². The van der Waals surface area contributed by atoms with Gasteiger partial charge in [-0.05, 0) is 36.9 Å². The molecule has 27 heavy (non-hydrogen) atoms. The van der Waals surface area contributed by atoms with Crippen LogP contribution in [0.1, 0.15) is 27.9 Å². The molecule has 1 atom stereocenters. The van der Waals surface area contributed by atoms with Crippen LogP contribution >= 0.6 is 11.3 Å². The molecular weight excluding hydrogens is 364 g/mol. The fraction of sp³-hybridized carbons (Fsp3) is 0.263. The number of aromatic nitrogens is 2. The highest BCUT2D eigenvalue weighted by molar-refractivity contribution is 7.10. The molecule has 3 aromatic rings. The Hall–Kier alpha value is -3.00. The summed E-state index contributed by atoms with van der Waals surface area (Å²) in [5.74, 6) is -0.132. The fourth-order valence-corrected chi connectivity index (χ4v) is 3.76. The third kappa shape index (κ3) is 4.59. The summed E-state index contributed by atoms with van der Waals surface area (Å²) in [4.78, 5) is 23.7. The van der Waals surface area contributed by atoms with E-state index in [1.165, 1.54) is 12.1 Å². The lowest BCUT2D eigenvalue weighted by Gasteiger charge is -2.19. The highest BCUT2D eigenvalue weighted by atomic mass is 32.1. The van der Waals surface area contributed by atoms with Crippen LogP contribution in [0.15, 0.2) is 47.8 Å². The number of thiophene rings is 1. The molecule has 3 rings (SSSR count). The zero-order chi connectivity index (χ0) is 19.4. The van der Waals surface area contributed by atoms with Crippen LogP contribution in [0.5, 0.6) is 0 Å². The second kappa shape index (κ2) is 8.13. The minimum Gasteiger partial charge on any atom is -0.353 e. The van der Waals surface area contributed by atoms with Crippen molar-refractivity contribution in [3.8, 4) is 0 Å². The molecule has 1 unspecified atom stereocenters. The molecule has 7 nitrogen and oxygen atoms in total. The minimum atomic E-state index is -0.454. The Bertz CT molecular complexity index is 933. The number of hydrogen-bond acceptors (Lipinski definition) is 5. The first kappa shape index (κ1) is 18.8. The topological polar surface area (TPSA) is 90.1 Å². The van der Waals surface area contributed by atoms with Crippen molar-refractivity contribution < 1.29 is 9.72 Å². The van der Waals surface area contributed by atoms with Crippen LogP contribution in [-0.2, 0) is 11.2 Å². The summed E-state index contributed by atoms with van der Waals surface area (Å²) in [6.45, 7) is 4.37. The summed E-state index contributed by atoms with van der Waals surface area (Å²) in [6.07, 6.45) is 0.173. The number of nitrogens with one attached hydrogen (secondary N) is 1. The normalized spacial score (nSPS) is 11.9. The van der Waals surface area contributed by atoms with E-state index in [0.717, 1.165) is 21.8 Å². The Balaban J connectivity index is 1.67. The lowest BCUT2D eigenvalue weighted by molar-refractivity contribution is -0.384. The smallest absolute Gasteiger partial charge is 0.269 e. The average Bonchev–Trinajstić information content (AvgIpc) is 3.26. The number of carbonyl (C=O) groups excluding carboxylic acids is 1. The van der Waals surface area contributed by atoms with Crippen LogP contribution in [0.25, 0.3) is 0 Å². The van der Waals surface area contributed by atoms with Gasteiger partial charge in [-0.25, -0.2) is 0 Å². The van der Waals surface area contributed by atoms with Gasteiger partial charge in [0.1, 0.15) is 6.04 Å². The van der Waals surface area contributed by atoms with E-state index in [2.05, 4.69) is 10.4 Å². The van der Waals surface area contributed by atoms with Crippen LogP contribution < -0.4 is 5.32 Å². The number of rotatable bonds is 7. The predicted octanol–water partition coefficient (Wildman–Crippen LogP) is 3.42. The van der Waals surface area contributed by atoms with Gasteiger partial charge in [0.15, 0.2) is 0 Å². The number of amides is 1. The van der Waals surface area contributed by atoms with Crippen LogP contribution in [0.2, 0.25) is 0 Å². The van der Waals surface area contributed by atoms with Crippen LogP contribution in [0.3, 0.4) is 0 Å². The Kier molecular flexibility index (Phi) is 5.66. The number of hydrogen-bond donors (Lipinski definition) is 1. The standard InChI is InChI=1S/C19H20N4O3S/c1-13-10-14(2)22(21-13)17(18-4-3-9-27-18)12-20-19(24)11-15-5-7-16(8-6-15)23(25)26/h3-10,17H,11-12H2,1-2H3,(H,20,24). The lowest BCUT2D eigenvalue weighted by Crippen LogP contribution is -2.32. The Labute approximate surface area is 160 Å². The summed E-state index contributed by atoms with van der Waals surface area (Å²) in [5, 5.41) is 20.2. The number of nitro groups is 1. The maximum Gasteiger partial charge on any atom is 0.269 e. The number of non-ortho nitro benzene ring substituents is 1. The summed E-state index contributed by atoms with van der Waals surface area (Å²) in [7, 11) is 0. The Morgan fingerprint density at radius 1 is 1.30 bits per heavy atom. The van der Waals surface area contributed by atoms with Crippen molar-refractivity contribution in [2.75, 3.05) is 6.54 Å². The molecule has 1 N–H and O–H groups in total. The van der Waals surface area contributed by atoms with Crippen molar-refractivity contribution in [3.05, 3.63) is 79.8 Å². The molecule has 2 aromatic heterocycles. The summed E-state index contributed by atoms with van der Waals surface area (Å²) >= 11 is 1.63. The zero-order valence-electron chi connectivity index (χ0n) is 15.1. The average molecular weight is 384 g/mol. The number of aryl methyl sites for hydroxylation is 2. The summed E-state index contributed by atoms with van der Waals surface area (Å²) < 4.78 is 1.94. The molecule has 0 aliphatic rings. The largest absolute Gasteiger partial charge is 0.353 e. The lowest BCUT2D eigenvalue weighted by atomic mass is 10.1. The van der Waals surface area contributed by atoms with Crippen LogP contribution in [-0.4, -0.2) is 27.2 Å². The Morgan fingerprint density at radius 2 is 2.04 bits per heavy atom. The number of nitro benzene ring substituents is 1. The third-order valence-electron chi connectivity index (χ3n) is 4.22. The van der Waals surface area contributed by atoms with E-state index in [9.17, 15) is 14.9 Å². The van der Waals surface area contributed by atoms with E-state index < -0.39 is 4.92 Å². The van der Waals surface area contributed by atoms with Gasteiger partial charge in [0, 0.05) is 29.2 Å². The first-order chi connectivity index (χ1) is 12.9. The van der Waals surface area contributed by atoms with Crippen molar-refractivity contribution >= 4 is 22.9 Å². The first-order valence-corrected chi connectivity index (χ1v) is 9.38. The van der Waals surface area contributed by atoms with Crippen LogP contribution in [0, 0.1) is 24.0 Å². The molecule has 0 spiro atoms. The van der Waals surface area contributed by atoms with E-state index in [1.807, 2.05) is 42.1 Å². The Morgan fingerprint density at radius 3 is 2.59 bits per heavy atom. The second-order valence-corrected chi connectivity index (χ2v) is 7.29. The van der Waals surface area contributed by atoms with Gasteiger partial charge in [-0.1, -0.05) is 18.2 Å². The SMILES string of the molecule is Cc1cc(C)n(C(CNC(=O)Cc2ccc([N+](=O)[O-])cc2)c2cccs2)n1. The van der Waals surface area contributed by atoms with Gasteiger partial charge in [-0.3, -0.25) is 19.6 Å². The van der Waals surface area contributed by atoms with E-state index >= 15 is 0 Å². The van der Waals surface area contributed by atoms with E-state index in [-0.39, 0.29) is 24.1 Å².